The summed E-state index contributed by atoms with van der Waals surface area (Å²) in [5.41, 5.74) is 0. The molecule has 2 saturated heterocycles. The number of likely N-dealkylation sites (tertiary alicyclic amines) is 1. The molecule has 0 spiro atoms. The van der Waals surface area contributed by atoms with Crippen molar-refractivity contribution in [1.29, 1.82) is 0 Å². The molecule has 2 fully saturated rings. The first-order valence-electron chi connectivity index (χ1n) is 6.65. The van der Waals surface area contributed by atoms with E-state index in [2.05, 4.69) is 31.0 Å². The molecule has 4 atom stereocenters. The number of hydrogen-bond acceptors (Lipinski definition) is 2. The predicted octanol–water partition coefficient (Wildman–Crippen LogP) is 2.10. The molecule has 88 valence electrons. The molecule has 2 unspecified atom stereocenters. The normalized spacial score (nSPS) is 43.4. The van der Waals surface area contributed by atoms with Crippen molar-refractivity contribution in [2.24, 2.45) is 11.8 Å². The van der Waals surface area contributed by atoms with Crippen molar-refractivity contribution in [3.8, 4) is 0 Å². The van der Waals surface area contributed by atoms with Crippen LogP contribution in [0.15, 0.2) is 0 Å². The monoisotopic (exact) mass is 210 g/mol. The highest BCUT2D eigenvalue weighted by Crippen LogP contribution is 2.26. The summed E-state index contributed by atoms with van der Waals surface area (Å²) in [6, 6.07) is 1.61. The highest BCUT2D eigenvalue weighted by Gasteiger charge is 2.30. The van der Waals surface area contributed by atoms with Gasteiger partial charge in [0.2, 0.25) is 0 Å². The zero-order valence-corrected chi connectivity index (χ0v) is 10.5. The van der Waals surface area contributed by atoms with Crippen molar-refractivity contribution in [3.05, 3.63) is 0 Å². The van der Waals surface area contributed by atoms with Gasteiger partial charge in [-0.15, -0.1) is 0 Å². The van der Waals surface area contributed by atoms with Crippen LogP contribution in [-0.2, 0) is 0 Å². The van der Waals surface area contributed by atoms with Crippen molar-refractivity contribution >= 4 is 0 Å². The molecule has 2 aliphatic heterocycles. The lowest BCUT2D eigenvalue weighted by Gasteiger charge is -2.41. The second-order valence-electron chi connectivity index (χ2n) is 5.72. The molecule has 0 aromatic heterocycles. The third kappa shape index (κ3) is 2.54. The molecule has 0 aliphatic carbocycles. The van der Waals surface area contributed by atoms with E-state index in [0.29, 0.717) is 0 Å². The molecular weight excluding hydrogens is 184 g/mol. The van der Waals surface area contributed by atoms with Gasteiger partial charge in [0.05, 0.1) is 0 Å². The Balaban J connectivity index is 1.90. The Bertz CT molecular complexity index is 195. The SMILES string of the molecule is CC1CNCC1CN1[C@H](C)CCC[C@@H]1C. The Morgan fingerprint density at radius 3 is 2.27 bits per heavy atom. The van der Waals surface area contributed by atoms with E-state index in [9.17, 15) is 0 Å². The van der Waals surface area contributed by atoms with Crippen LogP contribution >= 0.6 is 0 Å². The summed E-state index contributed by atoms with van der Waals surface area (Å²) in [6.45, 7) is 11.0. The molecule has 0 amide bonds. The fourth-order valence-corrected chi connectivity index (χ4v) is 3.21. The van der Waals surface area contributed by atoms with Gasteiger partial charge in [0, 0.05) is 18.6 Å². The minimum atomic E-state index is 0.807. The first-order chi connectivity index (χ1) is 7.18. The van der Waals surface area contributed by atoms with Crippen molar-refractivity contribution in [2.45, 2.75) is 52.1 Å². The van der Waals surface area contributed by atoms with Gasteiger partial charge in [0.25, 0.3) is 0 Å². The lowest BCUT2D eigenvalue weighted by atomic mass is 9.92. The molecule has 0 radical (unpaired) electrons. The Hall–Kier alpha value is -0.0800. The summed E-state index contributed by atoms with van der Waals surface area (Å²) < 4.78 is 0. The van der Waals surface area contributed by atoms with Gasteiger partial charge in [-0.05, 0) is 51.6 Å². The van der Waals surface area contributed by atoms with Crippen molar-refractivity contribution < 1.29 is 0 Å². The van der Waals surface area contributed by atoms with E-state index in [4.69, 9.17) is 0 Å². The lowest BCUT2D eigenvalue weighted by Crippen LogP contribution is -2.47. The van der Waals surface area contributed by atoms with Crippen LogP contribution in [0.5, 0.6) is 0 Å². The summed E-state index contributed by atoms with van der Waals surface area (Å²) in [5.74, 6) is 1.75. The zero-order chi connectivity index (χ0) is 10.8. The lowest BCUT2D eigenvalue weighted by molar-refractivity contribution is 0.0804. The van der Waals surface area contributed by atoms with Gasteiger partial charge in [0.15, 0.2) is 0 Å². The molecule has 0 bridgehead atoms. The molecule has 2 aliphatic rings. The first-order valence-corrected chi connectivity index (χ1v) is 6.65. The second-order valence-corrected chi connectivity index (χ2v) is 5.72. The van der Waals surface area contributed by atoms with Crippen LogP contribution in [0.3, 0.4) is 0 Å². The Labute approximate surface area is 94.4 Å². The molecule has 0 saturated carbocycles. The molecule has 0 aromatic carbocycles. The number of rotatable bonds is 2. The molecule has 0 aromatic rings. The van der Waals surface area contributed by atoms with E-state index >= 15 is 0 Å². The van der Waals surface area contributed by atoms with E-state index in [1.165, 1.54) is 38.9 Å². The number of nitrogens with one attached hydrogen (secondary N) is 1. The Morgan fingerprint density at radius 2 is 1.73 bits per heavy atom. The van der Waals surface area contributed by atoms with Crippen molar-refractivity contribution in [1.82, 2.24) is 10.2 Å². The van der Waals surface area contributed by atoms with Crippen LogP contribution in [0, 0.1) is 11.8 Å². The Kier molecular flexibility index (Phi) is 3.68. The van der Waals surface area contributed by atoms with Crippen LogP contribution in [0.25, 0.3) is 0 Å². The number of nitrogens with zero attached hydrogens (tertiary/aromatic N) is 1. The minimum absolute atomic E-state index is 0.807. The van der Waals surface area contributed by atoms with Crippen LogP contribution in [0.1, 0.15) is 40.0 Å². The fraction of sp³-hybridized carbons (Fsp3) is 1.00. The molecule has 2 heterocycles. The van der Waals surface area contributed by atoms with E-state index in [-0.39, 0.29) is 0 Å². The highest BCUT2D eigenvalue weighted by atomic mass is 15.2. The van der Waals surface area contributed by atoms with Gasteiger partial charge in [-0.2, -0.15) is 0 Å². The van der Waals surface area contributed by atoms with Crippen LogP contribution < -0.4 is 5.32 Å². The topological polar surface area (TPSA) is 15.3 Å². The van der Waals surface area contributed by atoms with Crippen LogP contribution in [-0.4, -0.2) is 36.6 Å². The van der Waals surface area contributed by atoms with Gasteiger partial charge in [0.1, 0.15) is 0 Å². The van der Waals surface area contributed by atoms with E-state index < -0.39 is 0 Å². The largest absolute Gasteiger partial charge is 0.316 e. The molecule has 2 nitrogen and oxygen atoms in total. The summed E-state index contributed by atoms with van der Waals surface area (Å²) in [4.78, 5) is 2.75. The van der Waals surface area contributed by atoms with Crippen molar-refractivity contribution in [2.75, 3.05) is 19.6 Å². The van der Waals surface area contributed by atoms with E-state index in [1.807, 2.05) is 0 Å². The molecule has 1 N–H and O–H groups in total. The van der Waals surface area contributed by atoms with Gasteiger partial charge in [-0.3, -0.25) is 4.90 Å². The number of piperidine rings is 1. The maximum Gasteiger partial charge on any atom is 0.00698 e. The summed E-state index contributed by atoms with van der Waals surface area (Å²) in [5, 5.41) is 3.51. The summed E-state index contributed by atoms with van der Waals surface area (Å²) >= 11 is 0. The van der Waals surface area contributed by atoms with Crippen LogP contribution in [0.2, 0.25) is 0 Å². The average Bonchev–Trinajstić information content (AvgIpc) is 2.58. The van der Waals surface area contributed by atoms with E-state index in [0.717, 1.165) is 23.9 Å². The molecule has 15 heavy (non-hydrogen) atoms. The predicted molar refractivity (Wildman–Crippen MR) is 65.0 cm³/mol. The zero-order valence-electron chi connectivity index (χ0n) is 10.5. The maximum atomic E-state index is 3.51. The van der Waals surface area contributed by atoms with Crippen molar-refractivity contribution in [3.63, 3.8) is 0 Å². The maximum absolute atomic E-state index is 3.51. The van der Waals surface area contributed by atoms with E-state index in [1.54, 1.807) is 0 Å². The smallest absolute Gasteiger partial charge is 0.00698 e. The fourth-order valence-electron chi connectivity index (χ4n) is 3.21. The quantitative estimate of drug-likeness (QED) is 0.751. The highest BCUT2D eigenvalue weighted by molar-refractivity contribution is 4.86. The second kappa shape index (κ2) is 4.84. The molecule has 2 heteroatoms. The summed E-state index contributed by atoms with van der Waals surface area (Å²) in [7, 11) is 0. The third-order valence-electron chi connectivity index (χ3n) is 4.50. The standard InChI is InChI=1S/C13H26N2/c1-10-7-14-8-13(10)9-15-11(2)5-4-6-12(15)3/h10-14H,4-9H2,1-3H3/t10?,11-,12+,13?. The van der Waals surface area contributed by atoms with Gasteiger partial charge in [-0.1, -0.05) is 13.3 Å². The van der Waals surface area contributed by atoms with Gasteiger partial charge < -0.3 is 5.32 Å². The number of hydrogen-bond donors (Lipinski definition) is 1. The molecule has 2 rings (SSSR count). The first kappa shape index (κ1) is 11.4. The Morgan fingerprint density at radius 1 is 1.07 bits per heavy atom. The van der Waals surface area contributed by atoms with Gasteiger partial charge in [-0.25, -0.2) is 0 Å². The summed E-state index contributed by atoms with van der Waals surface area (Å²) in [6.07, 6.45) is 4.23. The van der Waals surface area contributed by atoms with Gasteiger partial charge >= 0.3 is 0 Å². The average molecular weight is 210 g/mol. The molecular formula is C13H26N2. The third-order valence-corrected chi connectivity index (χ3v) is 4.50. The minimum Gasteiger partial charge on any atom is -0.316 e. The van der Waals surface area contributed by atoms with Crippen LogP contribution in [0.4, 0.5) is 0 Å².